The Morgan fingerprint density at radius 3 is 3.00 bits per heavy atom. The van der Waals surface area contributed by atoms with Crippen LogP contribution in [0, 0.1) is 5.92 Å². The first-order valence-corrected chi connectivity index (χ1v) is 5.79. The highest BCUT2D eigenvalue weighted by Crippen LogP contribution is 2.15. The van der Waals surface area contributed by atoms with Gasteiger partial charge in [0, 0.05) is 24.7 Å². The average molecular weight is 222 g/mol. The number of carbonyl (C=O) groups excluding carboxylic acids is 1. The predicted molar refractivity (Wildman–Crippen MR) is 60.6 cm³/mol. The number of aromatic amines is 1. The molecule has 1 fully saturated rings. The highest BCUT2D eigenvalue weighted by molar-refractivity contribution is 5.76. The molecule has 1 aliphatic heterocycles. The molecule has 0 atom stereocenters. The first-order chi connectivity index (χ1) is 7.84. The Labute approximate surface area is 95.0 Å². The van der Waals surface area contributed by atoms with Crippen molar-refractivity contribution in [1.29, 1.82) is 0 Å². The van der Waals surface area contributed by atoms with Gasteiger partial charge in [-0.2, -0.15) is 5.10 Å². The molecule has 2 rings (SSSR count). The lowest BCUT2D eigenvalue weighted by Gasteiger charge is -2.21. The van der Waals surface area contributed by atoms with Crippen molar-refractivity contribution in [1.82, 2.24) is 20.8 Å². The Morgan fingerprint density at radius 1 is 1.50 bits per heavy atom. The van der Waals surface area contributed by atoms with Crippen LogP contribution in [-0.4, -0.2) is 29.2 Å². The van der Waals surface area contributed by atoms with Crippen molar-refractivity contribution in [3.63, 3.8) is 0 Å². The lowest BCUT2D eigenvalue weighted by atomic mass is 9.94. The van der Waals surface area contributed by atoms with E-state index in [4.69, 9.17) is 0 Å². The molecule has 16 heavy (non-hydrogen) atoms. The molecule has 0 spiro atoms. The maximum Gasteiger partial charge on any atom is 0.220 e. The Kier molecular flexibility index (Phi) is 3.93. The maximum atomic E-state index is 11.6. The summed E-state index contributed by atoms with van der Waals surface area (Å²) >= 11 is 0. The lowest BCUT2D eigenvalue weighted by Crippen LogP contribution is -2.32. The fourth-order valence-electron chi connectivity index (χ4n) is 2.00. The van der Waals surface area contributed by atoms with Crippen LogP contribution in [0.25, 0.3) is 0 Å². The number of piperidine rings is 1. The smallest absolute Gasteiger partial charge is 0.220 e. The van der Waals surface area contributed by atoms with Crippen molar-refractivity contribution in [3.8, 4) is 0 Å². The van der Waals surface area contributed by atoms with Crippen molar-refractivity contribution >= 4 is 5.91 Å². The minimum absolute atomic E-state index is 0.146. The summed E-state index contributed by atoms with van der Waals surface area (Å²) in [5, 5.41) is 12.8. The molecule has 2 heterocycles. The number of hydrogen-bond acceptors (Lipinski definition) is 3. The highest BCUT2D eigenvalue weighted by Gasteiger charge is 2.16. The molecular weight excluding hydrogens is 204 g/mol. The van der Waals surface area contributed by atoms with Gasteiger partial charge in [0.15, 0.2) is 0 Å². The minimum Gasteiger partial charge on any atom is -0.352 e. The lowest BCUT2D eigenvalue weighted by molar-refractivity contribution is -0.122. The largest absolute Gasteiger partial charge is 0.352 e. The third-order valence-electron chi connectivity index (χ3n) is 2.98. The summed E-state index contributed by atoms with van der Waals surface area (Å²) in [5.74, 6) is 0.693. The van der Waals surface area contributed by atoms with Gasteiger partial charge in [-0.15, -0.1) is 0 Å². The number of aromatic nitrogens is 2. The molecule has 1 amide bonds. The van der Waals surface area contributed by atoms with Gasteiger partial charge in [0.2, 0.25) is 5.91 Å². The summed E-state index contributed by atoms with van der Waals surface area (Å²) in [4.78, 5) is 11.6. The number of carbonyl (C=O) groups is 1. The van der Waals surface area contributed by atoms with E-state index in [2.05, 4.69) is 20.8 Å². The number of rotatable bonds is 4. The second kappa shape index (κ2) is 5.65. The van der Waals surface area contributed by atoms with E-state index < -0.39 is 0 Å². The van der Waals surface area contributed by atoms with Crippen LogP contribution in [0.2, 0.25) is 0 Å². The topological polar surface area (TPSA) is 69.8 Å². The van der Waals surface area contributed by atoms with Gasteiger partial charge in [0.05, 0.1) is 6.20 Å². The van der Waals surface area contributed by atoms with Crippen molar-refractivity contribution in [3.05, 3.63) is 18.0 Å². The van der Waals surface area contributed by atoms with Gasteiger partial charge in [-0.05, 0) is 31.8 Å². The third kappa shape index (κ3) is 3.34. The van der Waals surface area contributed by atoms with E-state index in [0.29, 0.717) is 18.9 Å². The molecule has 0 radical (unpaired) electrons. The Balaban J connectivity index is 1.67. The summed E-state index contributed by atoms with van der Waals surface area (Å²) in [5.41, 5.74) is 1.01. The molecule has 0 unspecified atom stereocenters. The van der Waals surface area contributed by atoms with Crippen LogP contribution in [0.1, 0.15) is 24.8 Å². The minimum atomic E-state index is 0.146. The fraction of sp³-hybridized carbons (Fsp3) is 0.636. The van der Waals surface area contributed by atoms with E-state index in [1.165, 1.54) is 0 Å². The van der Waals surface area contributed by atoms with Crippen LogP contribution in [0.5, 0.6) is 0 Å². The summed E-state index contributed by atoms with van der Waals surface area (Å²) in [7, 11) is 0. The van der Waals surface area contributed by atoms with Gasteiger partial charge in [-0.25, -0.2) is 0 Å². The molecule has 0 bridgehead atoms. The molecule has 0 aromatic carbocycles. The predicted octanol–water partition coefficient (Wildman–Crippen LogP) is 0.416. The summed E-state index contributed by atoms with van der Waals surface area (Å²) in [6.07, 6.45) is 6.40. The maximum absolute atomic E-state index is 11.6. The molecule has 5 nitrogen and oxygen atoms in total. The van der Waals surface area contributed by atoms with Crippen molar-refractivity contribution in [2.75, 3.05) is 13.1 Å². The Bertz CT molecular complexity index is 317. The third-order valence-corrected chi connectivity index (χ3v) is 2.98. The number of hydrogen-bond donors (Lipinski definition) is 3. The van der Waals surface area contributed by atoms with Crippen LogP contribution in [-0.2, 0) is 11.3 Å². The van der Waals surface area contributed by atoms with Gasteiger partial charge in [0.1, 0.15) is 0 Å². The monoisotopic (exact) mass is 222 g/mol. The van der Waals surface area contributed by atoms with Crippen molar-refractivity contribution in [2.45, 2.75) is 25.8 Å². The molecule has 3 N–H and O–H groups in total. The van der Waals surface area contributed by atoms with Crippen LogP contribution >= 0.6 is 0 Å². The van der Waals surface area contributed by atoms with Crippen LogP contribution in [0.15, 0.2) is 12.4 Å². The Morgan fingerprint density at radius 2 is 2.31 bits per heavy atom. The molecule has 5 heteroatoms. The molecular formula is C11H18N4O. The van der Waals surface area contributed by atoms with E-state index in [1.807, 2.05) is 0 Å². The van der Waals surface area contributed by atoms with Gasteiger partial charge >= 0.3 is 0 Å². The summed E-state index contributed by atoms with van der Waals surface area (Å²) in [6, 6.07) is 0. The van der Waals surface area contributed by atoms with Gasteiger partial charge < -0.3 is 10.6 Å². The average Bonchev–Trinajstić information content (AvgIpc) is 2.81. The second-order valence-corrected chi connectivity index (χ2v) is 4.28. The zero-order valence-corrected chi connectivity index (χ0v) is 9.33. The Hall–Kier alpha value is -1.36. The van der Waals surface area contributed by atoms with Crippen molar-refractivity contribution in [2.24, 2.45) is 5.92 Å². The second-order valence-electron chi connectivity index (χ2n) is 4.28. The molecule has 1 aromatic heterocycles. The number of amides is 1. The molecule has 88 valence electrons. The molecule has 1 aliphatic rings. The zero-order chi connectivity index (χ0) is 11.2. The number of nitrogens with one attached hydrogen (secondary N) is 3. The SMILES string of the molecule is O=C(CC1CCNCC1)NCc1cn[nH]c1. The molecule has 0 saturated carbocycles. The van der Waals surface area contributed by atoms with Crippen LogP contribution in [0.3, 0.4) is 0 Å². The zero-order valence-electron chi connectivity index (χ0n) is 9.33. The summed E-state index contributed by atoms with van der Waals surface area (Å²) in [6.45, 7) is 2.65. The quantitative estimate of drug-likeness (QED) is 0.691. The fourth-order valence-corrected chi connectivity index (χ4v) is 2.00. The summed E-state index contributed by atoms with van der Waals surface area (Å²) < 4.78 is 0. The first-order valence-electron chi connectivity index (χ1n) is 5.79. The van der Waals surface area contributed by atoms with Gasteiger partial charge in [-0.1, -0.05) is 0 Å². The highest BCUT2D eigenvalue weighted by atomic mass is 16.1. The van der Waals surface area contributed by atoms with E-state index in [-0.39, 0.29) is 5.91 Å². The van der Waals surface area contributed by atoms with E-state index in [9.17, 15) is 4.79 Å². The van der Waals surface area contributed by atoms with E-state index >= 15 is 0 Å². The van der Waals surface area contributed by atoms with E-state index in [0.717, 1.165) is 31.5 Å². The van der Waals surface area contributed by atoms with Crippen molar-refractivity contribution < 1.29 is 4.79 Å². The number of H-pyrrole nitrogens is 1. The number of nitrogens with zero attached hydrogens (tertiary/aromatic N) is 1. The van der Waals surface area contributed by atoms with E-state index in [1.54, 1.807) is 12.4 Å². The first kappa shape index (κ1) is 11.1. The molecule has 1 aromatic rings. The normalized spacial score (nSPS) is 17.2. The standard InChI is InChI=1S/C11H18N4O/c16-11(5-9-1-3-12-4-2-9)13-6-10-7-14-15-8-10/h7-9,12H,1-6H2,(H,13,16)(H,14,15). The molecule has 0 aliphatic carbocycles. The van der Waals surface area contributed by atoms with Gasteiger partial charge in [0.25, 0.3) is 0 Å². The van der Waals surface area contributed by atoms with Gasteiger partial charge in [-0.3, -0.25) is 9.89 Å². The van der Waals surface area contributed by atoms with Crippen LogP contribution < -0.4 is 10.6 Å². The van der Waals surface area contributed by atoms with Crippen LogP contribution in [0.4, 0.5) is 0 Å². The molecule has 1 saturated heterocycles.